The van der Waals surface area contributed by atoms with E-state index in [1.807, 2.05) is 6.07 Å². The molecule has 1 aromatic heterocycles. The zero-order valence-electron chi connectivity index (χ0n) is 15.3. The lowest BCUT2D eigenvalue weighted by atomic mass is 10.1. The molecule has 136 valence electrons. The van der Waals surface area contributed by atoms with Gasteiger partial charge in [0.05, 0.1) is 6.20 Å². The van der Waals surface area contributed by atoms with E-state index in [0.717, 1.165) is 25.8 Å². The summed E-state index contributed by atoms with van der Waals surface area (Å²) in [6, 6.07) is 10.4. The summed E-state index contributed by atoms with van der Waals surface area (Å²) >= 11 is 0. The molecule has 0 radical (unpaired) electrons. The van der Waals surface area contributed by atoms with Gasteiger partial charge in [0.2, 0.25) is 0 Å². The second kappa shape index (κ2) is 11.4. The Kier molecular flexibility index (Phi) is 8.73. The molecule has 0 aliphatic rings. The van der Waals surface area contributed by atoms with E-state index in [0.29, 0.717) is 12.2 Å². The summed E-state index contributed by atoms with van der Waals surface area (Å²) < 4.78 is 1.75. The molecule has 0 spiro atoms. The first-order valence-electron chi connectivity index (χ1n) is 9.52. The Bertz CT molecular complexity index is 609. The number of nitrogens with one attached hydrogen (secondary N) is 1. The largest absolute Gasteiger partial charge is 0.351 e. The van der Waals surface area contributed by atoms with E-state index in [4.69, 9.17) is 0 Å². The zero-order chi connectivity index (χ0) is 17.7. The fourth-order valence-corrected chi connectivity index (χ4v) is 2.80. The van der Waals surface area contributed by atoms with Crippen LogP contribution in [0.3, 0.4) is 0 Å². The SMILES string of the molecule is CCCCCCCCNC(=O)c1cn(CCCc2ccccc2)nn1. The van der Waals surface area contributed by atoms with Crippen LogP contribution in [-0.2, 0) is 13.0 Å². The third-order valence-electron chi connectivity index (χ3n) is 4.28. The van der Waals surface area contributed by atoms with Crippen molar-refractivity contribution in [3.8, 4) is 0 Å². The molecule has 0 saturated carbocycles. The summed E-state index contributed by atoms with van der Waals surface area (Å²) in [6.45, 7) is 3.70. The van der Waals surface area contributed by atoms with Crippen LogP contribution in [0.2, 0.25) is 0 Å². The number of aryl methyl sites for hydroxylation is 2. The van der Waals surface area contributed by atoms with Crippen LogP contribution in [0.1, 0.15) is 67.9 Å². The quantitative estimate of drug-likeness (QED) is 0.593. The van der Waals surface area contributed by atoms with Crippen LogP contribution < -0.4 is 5.32 Å². The summed E-state index contributed by atoms with van der Waals surface area (Å²) in [6.07, 6.45) is 11.0. The van der Waals surface area contributed by atoms with Crippen LogP contribution in [0.4, 0.5) is 0 Å². The van der Waals surface area contributed by atoms with Gasteiger partial charge in [-0.1, -0.05) is 74.6 Å². The molecule has 0 aliphatic heterocycles. The van der Waals surface area contributed by atoms with Crippen molar-refractivity contribution in [3.05, 3.63) is 47.8 Å². The zero-order valence-corrected chi connectivity index (χ0v) is 15.3. The molecule has 2 rings (SSSR count). The van der Waals surface area contributed by atoms with E-state index in [-0.39, 0.29) is 5.91 Å². The summed E-state index contributed by atoms with van der Waals surface area (Å²) in [7, 11) is 0. The van der Waals surface area contributed by atoms with Gasteiger partial charge in [-0.25, -0.2) is 0 Å². The normalized spacial score (nSPS) is 10.8. The third-order valence-corrected chi connectivity index (χ3v) is 4.28. The Morgan fingerprint density at radius 1 is 1.04 bits per heavy atom. The van der Waals surface area contributed by atoms with Crippen molar-refractivity contribution in [2.75, 3.05) is 6.54 Å². The lowest BCUT2D eigenvalue weighted by Crippen LogP contribution is -2.24. The Balaban J connectivity index is 1.61. The van der Waals surface area contributed by atoms with Crippen LogP contribution in [0, 0.1) is 0 Å². The van der Waals surface area contributed by atoms with Gasteiger partial charge in [-0.15, -0.1) is 5.10 Å². The standard InChI is InChI=1S/C20H30N4O/c1-2-3-4-5-6-10-15-21-20(25)19-17-24(23-22-19)16-11-14-18-12-8-7-9-13-18/h7-9,12-13,17H,2-6,10-11,14-16H2,1H3,(H,21,25). The van der Waals surface area contributed by atoms with Crippen LogP contribution in [0.5, 0.6) is 0 Å². The number of aromatic nitrogens is 3. The number of hydrogen-bond acceptors (Lipinski definition) is 3. The number of benzene rings is 1. The predicted molar refractivity (Wildman–Crippen MR) is 100 cm³/mol. The van der Waals surface area contributed by atoms with Crippen LogP contribution in [0.25, 0.3) is 0 Å². The van der Waals surface area contributed by atoms with Crippen molar-refractivity contribution in [1.82, 2.24) is 20.3 Å². The Hall–Kier alpha value is -2.17. The molecule has 2 aromatic rings. The molecule has 0 bridgehead atoms. The minimum Gasteiger partial charge on any atom is -0.351 e. The molecule has 0 fully saturated rings. The van der Waals surface area contributed by atoms with E-state index >= 15 is 0 Å². The molecule has 1 heterocycles. The van der Waals surface area contributed by atoms with Gasteiger partial charge < -0.3 is 5.32 Å². The minimum absolute atomic E-state index is 0.122. The van der Waals surface area contributed by atoms with Crippen LogP contribution >= 0.6 is 0 Å². The summed E-state index contributed by atoms with van der Waals surface area (Å²) in [5.41, 5.74) is 1.73. The minimum atomic E-state index is -0.122. The maximum Gasteiger partial charge on any atom is 0.273 e. The highest BCUT2D eigenvalue weighted by molar-refractivity contribution is 5.91. The van der Waals surface area contributed by atoms with Gasteiger partial charge in [0.15, 0.2) is 5.69 Å². The maximum atomic E-state index is 12.1. The monoisotopic (exact) mass is 342 g/mol. The second-order valence-corrected chi connectivity index (χ2v) is 6.48. The first kappa shape index (κ1) is 19.2. The predicted octanol–water partition coefficient (Wildman–Crippen LogP) is 4.00. The van der Waals surface area contributed by atoms with Crippen molar-refractivity contribution in [3.63, 3.8) is 0 Å². The number of nitrogens with zero attached hydrogens (tertiary/aromatic N) is 3. The van der Waals surface area contributed by atoms with Gasteiger partial charge in [-0.2, -0.15) is 0 Å². The van der Waals surface area contributed by atoms with Gasteiger partial charge in [0.25, 0.3) is 5.91 Å². The average molecular weight is 342 g/mol. The van der Waals surface area contributed by atoms with Crippen molar-refractivity contribution in [2.45, 2.75) is 64.8 Å². The molecule has 0 atom stereocenters. The average Bonchev–Trinajstić information content (AvgIpc) is 3.11. The molecule has 25 heavy (non-hydrogen) atoms. The second-order valence-electron chi connectivity index (χ2n) is 6.48. The van der Waals surface area contributed by atoms with Crippen molar-refractivity contribution in [1.29, 1.82) is 0 Å². The molecule has 1 N–H and O–H groups in total. The van der Waals surface area contributed by atoms with Crippen LogP contribution in [0.15, 0.2) is 36.5 Å². The van der Waals surface area contributed by atoms with Gasteiger partial charge in [0.1, 0.15) is 0 Å². The Labute approximate surface area is 150 Å². The number of carbonyl (C=O) groups is 1. The number of hydrogen-bond donors (Lipinski definition) is 1. The molecule has 0 aliphatic carbocycles. The Morgan fingerprint density at radius 2 is 1.80 bits per heavy atom. The summed E-state index contributed by atoms with van der Waals surface area (Å²) in [5.74, 6) is -0.122. The number of rotatable bonds is 12. The van der Waals surface area contributed by atoms with Gasteiger partial charge in [-0.05, 0) is 24.8 Å². The third kappa shape index (κ3) is 7.50. The van der Waals surface area contributed by atoms with Gasteiger partial charge in [-0.3, -0.25) is 9.48 Å². The fraction of sp³-hybridized carbons (Fsp3) is 0.550. The van der Waals surface area contributed by atoms with Crippen molar-refractivity contribution in [2.24, 2.45) is 0 Å². The highest BCUT2D eigenvalue weighted by atomic mass is 16.2. The van der Waals surface area contributed by atoms with Crippen LogP contribution in [-0.4, -0.2) is 27.4 Å². The summed E-state index contributed by atoms with van der Waals surface area (Å²) in [5, 5.41) is 11.0. The lowest BCUT2D eigenvalue weighted by Gasteiger charge is -2.03. The Morgan fingerprint density at radius 3 is 2.60 bits per heavy atom. The molecule has 1 aromatic carbocycles. The maximum absolute atomic E-state index is 12.1. The molecule has 5 nitrogen and oxygen atoms in total. The van der Waals surface area contributed by atoms with E-state index in [1.54, 1.807) is 10.9 Å². The van der Waals surface area contributed by atoms with Crippen molar-refractivity contribution < 1.29 is 4.79 Å². The smallest absolute Gasteiger partial charge is 0.273 e. The van der Waals surface area contributed by atoms with Gasteiger partial charge in [0, 0.05) is 13.1 Å². The fourth-order valence-electron chi connectivity index (χ4n) is 2.80. The summed E-state index contributed by atoms with van der Waals surface area (Å²) in [4.78, 5) is 12.1. The number of unbranched alkanes of at least 4 members (excludes halogenated alkanes) is 5. The first-order chi connectivity index (χ1) is 12.3. The molecular weight excluding hydrogens is 312 g/mol. The molecule has 1 amide bonds. The van der Waals surface area contributed by atoms with E-state index in [2.05, 4.69) is 46.8 Å². The molecular formula is C20H30N4O. The molecule has 0 unspecified atom stereocenters. The lowest BCUT2D eigenvalue weighted by molar-refractivity contribution is 0.0948. The number of carbonyl (C=O) groups excluding carboxylic acids is 1. The van der Waals surface area contributed by atoms with E-state index in [9.17, 15) is 4.79 Å². The first-order valence-corrected chi connectivity index (χ1v) is 9.52. The topological polar surface area (TPSA) is 59.8 Å². The van der Waals surface area contributed by atoms with Crippen molar-refractivity contribution >= 4 is 5.91 Å². The molecule has 0 saturated heterocycles. The molecule has 5 heteroatoms. The highest BCUT2D eigenvalue weighted by Gasteiger charge is 2.09. The van der Waals surface area contributed by atoms with Gasteiger partial charge >= 0.3 is 0 Å². The number of amides is 1. The van der Waals surface area contributed by atoms with E-state index in [1.165, 1.54) is 37.7 Å². The highest BCUT2D eigenvalue weighted by Crippen LogP contribution is 2.05. The van der Waals surface area contributed by atoms with E-state index < -0.39 is 0 Å².